The molecule has 4 N–H and O–H groups in total. The molecular weight excluding hydrogens is 190 g/mol. The number of halogens is 1. The summed E-state index contributed by atoms with van der Waals surface area (Å²) in [4.78, 5) is 0. The smallest absolute Gasteiger partial charge is 0.0523 e. The number of nitrogen functional groups attached to an aromatic ring is 1. The van der Waals surface area contributed by atoms with Crippen molar-refractivity contribution in [2.24, 2.45) is 0 Å². The second-order valence-electron chi connectivity index (χ2n) is 2.80. The van der Waals surface area contributed by atoms with E-state index in [4.69, 9.17) is 27.5 Å². The van der Waals surface area contributed by atoms with E-state index in [0.717, 1.165) is 0 Å². The summed E-state index contributed by atoms with van der Waals surface area (Å²) in [7, 11) is 0. The summed E-state index contributed by atoms with van der Waals surface area (Å²) in [5.41, 5.74) is 6.79. The Kier molecular flexibility index (Phi) is 3.54. The number of hydrogen-bond acceptors (Lipinski definition) is 3. The fourth-order valence-electron chi connectivity index (χ4n) is 1.22. The van der Waals surface area contributed by atoms with Gasteiger partial charge in [-0.05, 0) is 12.1 Å². The van der Waals surface area contributed by atoms with Gasteiger partial charge in [0.15, 0.2) is 0 Å². The van der Waals surface area contributed by atoms with Gasteiger partial charge in [0, 0.05) is 22.2 Å². The summed E-state index contributed by atoms with van der Waals surface area (Å²) in [6.07, 6.45) is 0. The predicted octanol–water partition coefficient (Wildman–Crippen LogP) is 0.990. The lowest BCUT2D eigenvalue weighted by Crippen LogP contribution is -2.11. The van der Waals surface area contributed by atoms with Gasteiger partial charge >= 0.3 is 0 Å². The number of aliphatic hydroxyl groups excluding tert-OH is 2. The van der Waals surface area contributed by atoms with Crippen molar-refractivity contribution in [2.75, 3.05) is 18.9 Å². The molecule has 0 unspecified atom stereocenters. The molecule has 1 aromatic rings. The molecule has 72 valence electrons. The molecule has 13 heavy (non-hydrogen) atoms. The summed E-state index contributed by atoms with van der Waals surface area (Å²) in [6.45, 7) is -0.325. The molecule has 0 aliphatic carbocycles. The average molecular weight is 202 g/mol. The molecule has 0 saturated carbocycles. The Balaban J connectivity index is 3.10. The van der Waals surface area contributed by atoms with Crippen molar-refractivity contribution in [3.05, 3.63) is 28.8 Å². The van der Waals surface area contributed by atoms with Crippen LogP contribution in [0.4, 0.5) is 5.69 Å². The lowest BCUT2D eigenvalue weighted by Gasteiger charge is -2.15. The minimum absolute atomic E-state index is 0.162. The van der Waals surface area contributed by atoms with E-state index in [0.29, 0.717) is 16.3 Å². The van der Waals surface area contributed by atoms with E-state index in [9.17, 15) is 0 Å². The van der Waals surface area contributed by atoms with Crippen molar-refractivity contribution in [3.8, 4) is 0 Å². The highest BCUT2D eigenvalue weighted by atomic mass is 35.5. The van der Waals surface area contributed by atoms with Crippen LogP contribution in [0.15, 0.2) is 18.2 Å². The second-order valence-corrected chi connectivity index (χ2v) is 3.21. The summed E-state index contributed by atoms with van der Waals surface area (Å²) < 4.78 is 0. The maximum atomic E-state index is 8.95. The molecule has 0 amide bonds. The van der Waals surface area contributed by atoms with E-state index < -0.39 is 5.92 Å². The van der Waals surface area contributed by atoms with Crippen LogP contribution in [0.3, 0.4) is 0 Å². The number of rotatable bonds is 3. The SMILES string of the molecule is Nc1cccc(Cl)c1C(CO)CO. The molecule has 4 heteroatoms. The van der Waals surface area contributed by atoms with Crippen molar-refractivity contribution in [1.82, 2.24) is 0 Å². The minimum Gasteiger partial charge on any atom is -0.398 e. The zero-order chi connectivity index (χ0) is 9.84. The Morgan fingerprint density at radius 2 is 1.92 bits per heavy atom. The molecule has 0 spiro atoms. The molecule has 1 aromatic carbocycles. The zero-order valence-electron chi connectivity index (χ0n) is 7.07. The van der Waals surface area contributed by atoms with E-state index in [2.05, 4.69) is 0 Å². The van der Waals surface area contributed by atoms with Gasteiger partial charge in [-0.25, -0.2) is 0 Å². The van der Waals surface area contributed by atoms with Gasteiger partial charge in [-0.3, -0.25) is 0 Å². The van der Waals surface area contributed by atoms with Crippen LogP contribution in [0.1, 0.15) is 11.5 Å². The van der Waals surface area contributed by atoms with Crippen LogP contribution < -0.4 is 5.73 Å². The van der Waals surface area contributed by atoms with Crippen LogP contribution in [-0.2, 0) is 0 Å². The van der Waals surface area contributed by atoms with Crippen molar-refractivity contribution in [1.29, 1.82) is 0 Å². The first-order chi connectivity index (χ1) is 6.20. The molecule has 0 heterocycles. The third-order valence-corrected chi connectivity index (χ3v) is 2.27. The van der Waals surface area contributed by atoms with Crippen molar-refractivity contribution in [3.63, 3.8) is 0 Å². The Hall–Kier alpha value is -0.770. The van der Waals surface area contributed by atoms with Gasteiger partial charge in [0.1, 0.15) is 0 Å². The van der Waals surface area contributed by atoms with Crippen molar-refractivity contribution in [2.45, 2.75) is 5.92 Å². The lowest BCUT2D eigenvalue weighted by molar-refractivity contribution is 0.193. The normalized spacial score (nSPS) is 10.8. The summed E-state index contributed by atoms with van der Waals surface area (Å²) >= 11 is 5.88. The standard InChI is InChI=1S/C9H12ClNO2/c10-7-2-1-3-8(11)9(7)6(4-12)5-13/h1-3,6,12-13H,4-5,11H2. The Morgan fingerprint density at radius 1 is 1.31 bits per heavy atom. The van der Waals surface area contributed by atoms with Gasteiger partial charge in [-0.1, -0.05) is 17.7 Å². The van der Waals surface area contributed by atoms with Gasteiger partial charge in [0.05, 0.1) is 13.2 Å². The molecular formula is C9H12ClNO2. The number of benzene rings is 1. The summed E-state index contributed by atoms with van der Waals surface area (Å²) in [5, 5.41) is 18.4. The van der Waals surface area contributed by atoms with Crippen LogP contribution in [0.2, 0.25) is 5.02 Å². The molecule has 0 radical (unpaired) electrons. The predicted molar refractivity (Wildman–Crippen MR) is 52.8 cm³/mol. The van der Waals surface area contributed by atoms with Crippen LogP contribution in [0.5, 0.6) is 0 Å². The van der Waals surface area contributed by atoms with Gasteiger partial charge < -0.3 is 15.9 Å². The highest BCUT2D eigenvalue weighted by molar-refractivity contribution is 6.31. The lowest BCUT2D eigenvalue weighted by atomic mass is 9.99. The topological polar surface area (TPSA) is 66.5 Å². The van der Waals surface area contributed by atoms with Crippen LogP contribution in [0.25, 0.3) is 0 Å². The highest BCUT2D eigenvalue weighted by Gasteiger charge is 2.15. The van der Waals surface area contributed by atoms with Gasteiger partial charge in [0.2, 0.25) is 0 Å². The molecule has 0 atom stereocenters. The van der Waals surface area contributed by atoms with Crippen LogP contribution in [-0.4, -0.2) is 23.4 Å². The second kappa shape index (κ2) is 4.46. The Morgan fingerprint density at radius 3 is 2.38 bits per heavy atom. The van der Waals surface area contributed by atoms with Gasteiger partial charge in [-0.2, -0.15) is 0 Å². The highest BCUT2D eigenvalue weighted by Crippen LogP contribution is 2.29. The van der Waals surface area contributed by atoms with Crippen molar-refractivity contribution < 1.29 is 10.2 Å². The first-order valence-corrected chi connectivity index (χ1v) is 4.34. The molecule has 0 aromatic heterocycles. The quantitative estimate of drug-likeness (QED) is 0.639. The van der Waals surface area contributed by atoms with E-state index >= 15 is 0 Å². The van der Waals surface area contributed by atoms with E-state index in [1.54, 1.807) is 18.2 Å². The monoisotopic (exact) mass is 201 g/mol. The molecule has 3 nitrogen and oxygen atoms in total. The Bertz CT molecular complexity index is 267. The largest absolute Gasteiger partial charge is 0.398 e. The van der Waals surface area contributed by atoms with Crippen LogP contribution >= 0.6 is 11.6 Å². The number of aliphatic hydroxyl groups is 2. The number of anilines is 1. The molecule has 0 saturated heterocycles. The first kappa shape index (κ1) is 10.3. The molecule has 1 rings (SSSR count). The molecule has 0 fully saturated rings. The average Bonchev–Trinajstić information content (AvgIpc) is 2.11. The van der Waals surface area contributed by atoms with Gasteiger partial charge in [-0.15, -0.1) is 0 Å². The van der Waals surface area contributed by atoms with E-state index in [-0.39, 0.29) is 13.2 Å². The first-order valence-electron chi connectivity index (χ1n) is 3.96. The third kappa shape index (κ3) is 2.12. The van der Waals surface area contributed by atoms with Gasteiger partial charge in [0.25, 0.3) is 0 Å². The van der Waals surface area contributed by atoms with Crippen molar-refractivity contribution >= 4 is 17.3 Å². The number of nitrogens with two attached hydrogens (primary N) is 1. The molecule has 0 aliphatic heterocycles. The van der Waals surface area contributed by atoms with Crippen LogP contribution in [0, 0.1) is 0 Å². The van der Waals surface area contributed by atoms with E-state index in [1.807, 2.05) is 0 Å². The van der Waals surface area contributed by atoms with E-state index in [1.165, 1.54) is 0 Å². The summed E-state index contributed by atoms with van der Waals surface area (Å²) in [5.74, 6) is -0.395. The maximum absolute atomic E-state index is 8.95. The zero-order valence-corrected chi connectivity index (χ0v) is 7.83. The minimum atomic E-state index is -0.395. The number of hydrogen-bond donors (Lipinski definition) is 3. The maximum Gasteiger partial charge on any atom is 0.0523 e. The molecule has 0 bridgehead atoms. The molecule has 0 aliphatic rings. The fourth-order valence-corrected chi connectivity index (χ4v) is 1.56. The summed E-state index contributed by atoms with van der Waals surface area (Å²) in [6, 6.07) is 5.11. The Labute approximate surface area is 81.8 Å². The third-order valence-electron chi connectivity index (χ3n) is 1.94. The fraction of sp³-hybridized carbons (Fsp3) is 0.333.